The Bertz CT molecular complexity index is 174. The van der Waals surface area contributed by atoms with Crippen LogP contribution < -0.4 is 0 Å². The second-order valence-electron chi connectivity index (χ2n) is 4.89. The first-order valence-corrected chi connectivity index (χ1v) is 9.49. The highest BCUT2D eigenvalue weighted by molar-refractivity contribution is 7.76. The molecule has 0 aromatic carbocycles. The van der Waals surface area contributed by atoms with Gasteiger partial charge in [0.1, 0.15) is 0 Å². The van der Waals surface area contributed by atoms with E-state index in [-0.39, 0.29) is 0 Å². The Balaban J connectivity index is 4.39. The second-order valence-corrected chi connectivity index (χ2v) is 9.23. The van der Waals surface area contributed by atoms with Gasteiger partial charge in [0.2, 0.25) is 0 Å². The molecular weight excluding hydrogens is 213 g/mol. The van der Waals surface area contributed by atoms with Crippen LogP contribution in [0.2, 0.25) is 0 Å². The van der Waals surface area contributed by atoms with E-state index in [1.54, 1.807) is 0 Å². The smallest absolute Gasteiger partial charge is 0.0665 e. The molecule has 0 rings (SSSR count). The summed E-state index contributed by atoms with van der Waals surface area (Å²) in [5.41, 5.74) is 0. The Labute approximate surface area is 103 Å². The molecule has 0 aromatic heterocycles. The summed E-state index contributed by atoms with van der Waals surface area (Å²) < 4.78 is 0. The van der Waals surface area contributed by atoms with Gasteiger partial charge in [-0.1, -0.05) is 40.0 Å². The van der Waals surface area contributed by atoms with Gasteiger partial charge < -0.3 is 0 Å². The maximum absolute atomic E-state index is 9.08. The van der Waals surface area contributed by atoms with Gasteiger partial charge in [-0.25, -0.2) is 0 Å². The summed E-state index contributed by atoms with van der Waals surface area (Å²) in [4.78, 5) is 0. The Morgan fingerprint density at radius 1 is 0.812 bits per heavy atom. The first-order valence-electron chi connectivity index (χ1n) is 6.96. The summed E-state index contributed by atoms with van der Waals surface area (Å²) >= 11 is 0. The number of nitriles is 1. The number of unbranched alkanes of at least 4 members (excludes halogenated alkanes) is 3. The van der Waals surface area contributed by atoms with E-state index in [0.717, 1.165) is 6.16 Å². The lowest BCUT2D eigenvalue weighted by Gasteiger charge is -2.34. The van der Waals surface area contributed by atoms with Gasteiger partial charge >= 0.3 is 0 Å². The van der Waals surface area contributed by atoms with E-state index in [0.29, 0.717) is 0 Å². The minimum Gasteiger partial charge on any atom is -0.198 e. The number of nitrogens with zero attached hydrogens (tertiary/aromatic N) is 1. The summed E-state index contributed by atoms with van der Waals surface area (Å²) in [5, 5.41) is 9.08. The molecule has 0 heterocycles. The normalized spacial score (nSPS) is 11.4. The predicted octanol–water partition coefficient (Wildman–Crippen LogP) is 4.93. The average Bonchev–Trinajstić information content (AvgIpc) is 2.31. The van der Waals surface area contributed by atoms with E-state index in [1.165, 1.54) is 57.0 Å². The quantitative estimate of drug-likeness (QED) is 0.498. The highest BCUT2D eigenvalue weighted by Gasteiger charge is 2.25. The fourth-order valence-electron chi connectivity index (χ4n) is 2.20. The Hall–Kier alpha value is -0.0800. The molecule has 0 aliphatic heterocycles. The lowest BCUT2D eigenvalue weighted by Crippen LogP contribution is -2.11. The van der Waals surface area contributed by atoms with E-state index >= 15 is 0 Å². The van der Waals surface area contributed by atoms with Crippen LogP contribution >= 0.6 is 7.26 Å². The third-order valence-electron chi connectivity index (χ3n) is 3.36. The van der Waals surface area contributed by atoms with Crippen molar-refractivity contribution in [3.05, 3.63) is 0 Å². The monoisotopic (exact) mass is 242 g/mol. The Morgan fingerprint density at radius 2 is 1.19 bits per heavy atom. The largest absolute Gasteiger partial charge is 0.198 e. The molecule has 1 radical (unpaired) electrons. The van der Waals surface area contributed by atoms with Crippen molar-refractivity contribution in [3.8, 4) is 6.07 Å². The van der Waals surface area contributed by atoms with Crippen LogP contribution in [0.4, 0.5) is 0 Å². The lowest BCUT2D eigenvalue weighted by molar-refractivity contribution is 0.836. The van der Waals surface area contributed by atoms with Crippen molar-refractivity contribution in [1.82, 2.24) is 0 Å². The molecule has 16 heavy (non-hydrogen) atoms. The fourth-order valence-corrected chi connectivity index (χ4v) is 6.61. The predicted molar refractivity (Wildman–Crippen MR) is 76.7 cm³/mol. The number of hydrogen-bond donors (Lipinski definition) is 0. The first-order chi connectivity index (χ1) is 7.74. The van der Waals surface area contributed by atoms with Crippen molar-refractivity contribution in [1.29, 1.82) is 5.26 Å². The van der Waals surface area contributed by atoms with E-state index < -0.39 is 7.26 Å². The topological polar surface area (TPSA) is 23.8 Å². The summed E-state index contributed by atoms with van der Waals surface area (Å²) in [6.07, 6.45) is 12.9. The Morgan fingerprint density at radius 3 is 1.44 bits per heavy atom. The molecule has 1 nitrogen and oxygen atoms in total. The first kappa shape index (κ1) is 15.9. The summed E-state index contributed by atoms with van der Waals surface area (Å²) in [6.45, 7) is 6.79. The van der Waals surface area contributed by atoms with E-state index in [2.05, 4.69) is 26.8 Å². The third kappa shape index (κ3) is 6.49. The molecule has 2 heteroatoms. The minimum atomic E-state index is -0.907. The molecule has 0 aromatic rings. The molecule has 0 spiro atoms. The van der Waals surface area contributed by atoms with Crippen LogP contribution in [-0.4, -0.2) is 24.6 Å². The van der Waals surface area contributed by atoms with Crippen LogP contribution in [0, 0.1) is 11.3 Å². The van der Waals surface area contributed by atoms with E-state index in [1.807, 2.05) is 0 Å². The molecule has 95 valence electrons. The SMILES string of the molecule is CCCC[P](CC#N)(CCCC)CCCC. The van der Waals surface area contributed by atoms with Gasteiger partial charge in [0, 0.05) is 0 Å². The number of hydrogen-bond acceptors (Lipinski definition) is 1. The van der Waals surface area contributed by atoms with Crippen LogP contribution in [0.25, 0.3) is 0 Å². The zero-order valence-corrected chi connectivity index (χ0v) is 12.4. The molecule has 0 atom stereocenters. The molecular formula is C14H29NP. The minimum absolute atomic E-state index is 0.882. The van der Waals surface area contributed by atoms with Crippen LogP contribution in [-0.2, 0) is 0 Å². The van der Waals surface area contributed by atoms with Gasteiger partial charge in [0.25, 0.3) is 0 Å². The van der Waals surface area contributed by atoms with Crippen LogP contribution in [0.15, 0.2) is 0 Å². The summed E-state index contributed by atoms with van der Waals surface area (Å²) in [5.74, 6) is 0. The molecule has 0 saturated carbocycles. The molecule has 0 N–H and O–H groups in total. The van der Waals surface area contributed by atoms with E-state index in [9.17, 15) is 0 Å². The second kappa shape index (κ2) is 10.1. The zero-order chi connectivity index (χ0) is 12.3. The molecule has 0 fully saturated rings. The summed E-state index contributed by atoms with van der Waals surface area (Å²) in [6, 6.07) is 2.48. The van der Waals surface area contributed by atoms with E-state index in [4.69, 9.17) is 5.26 Å². The lowest BCUT2D eigenvalue weighted by atomic mass is 10.4. The molecule has 0 saturated heterocycles. The maximum Gasteiger partial charge on any atom is 0.0665 e. The van der Waals surface area contributed by atoms with Gasteiger partial charge in [-0.2, -0.15) is 5.26 Å². The number of rotatable bonds is 10. The highest BCUT2D eigenvalue weighted by atomic mass is 31.2. The van der Waals surface area contributed by atoms with Crippen molar-refractivity contribution in [2.75, 3.05) is 24.6 Å². The van der Waals surface area contributed by atoms with Gasteiger partial charge in [0.05, 0.1) is 12.2 Å². The van der Waals surface area contributed by atoms with Crippen molar-refractivity contribution in [2.45, 2.75) is 59.3 Å². The van der Waals surface area contributed by atoms with Crippen LogP contribution in [0.1, 0.15) is 59.3 Å². The third-order valence-corrected chi connectivity index (χ3v) is 7.97. The fraction of sp³-hybridized carbons (Fsp3) is 0.929. The Kier molecular flexibility index (Phi) is 10.0. The van der Waals surface area contributed by atoms with Crippen LogP contribution in [0.3, 0.4) is 0 Å². The van der Waals surface area contributed by atoms with Gasteiger partial charge in [0.15, 0.2) is 0 Å². The molecule has 0 unspecified atom stereocenters. The van der Waals surface area contributed by atoms with Gasteiger partial charge in [-0.15, -0.1) is 7.26 Å². The van der Waals surface area contributed by atoms with Gasteiger partial charge in [-0.3, -0.25) is 0 Å². The van der Waals surface area contributed by atoms with Crippen molar-refractivity contribution in [2.24, 2.45) is 0 Å². The van der Waals surface area contributed by atoms with Crippen molar-refractivity contribution < 1.29 is 0 Å². The molecule has 0 aliphatic carbocycles. The molecule has 0 aliphatic rings. The molecule has 0 bridgehead atoms. The highest BCUT2D eigenvalue weighted by Crippen LogP contribution is 2.60. The molecule has 0 amide bonds. The van der Waals surface area contributed by atoms with Crippen molar-refractivity contribution >= 4 is 7.26 Å². The average molecular weight is 242 g/mol. The van der Waals surface area contributed by atoms with Crippen LogP contribution in [0.5, 0.6) is 0 Å². The standard InChI is InChI=1S/C14H29NP/c1-4-7-11-16(14-10-15,12-8-5-2)13-9-6-3/h4-9,11-14H2,1-3H3. The van der Waals surface area contributed by atoms with Gasteiger partial charge in [-0.05, 0) is 37.7 Å². The maximum atomic E-state index is 9.08. The zero-order valence-electron chi connectivity index (χ0n) is 11.5. The van der Waals surface area contributed by atoms with Crippen molar-refractivity contribution in [3.63, 3.8) is 0 Å². The summed E-state index contributed by atoms with van der Waals surface area (Å²) in [7, 11) is -0.907.